The Morgan fingerprint density at radius 2 is 1.96 bits per heavy atom. The summed E-state index contributed by atoms with van der Waals surface area (Å²) in [6, 6.07) is 17.6. The largest absolute Gasteiger partial charge is 0.496 e. The van der Waals surface area contributed by atoms with Gasteiger partial charge in [-0.3, -0.25) is 4.79 Å². The first-order valence-electron chi connectivity index (χ1n) is 9.11. The fraction of sp³-hybridized carbons (Fsp3) is 0.273. The van der Waals surface area contributed by atoms with Gasteiger partial charge in [-0.25, -0.2) is 0 Å². The number of rotatable bonds is 5. The summed E-state index contributed by atoms with van der Waals surface area (Å²) in [5.41, 5.74) is 3.69. The number of nitrogens with zero attached hydrogens (tertiary/aromatic N) is 1. The van der Waals surface area contributed by atoms with Crippen molar-refractivity contribution in [1.82, 2.24) is 10.5 Å². The number of aromatic nitrogens is 1. The third-order valence-corrected chi connectivity index (χ3v) is 5.43. The number of fused-ring (bicyclic) bond motifs is 1. The van der Waals surface area contributed by atoms with E-state index in [2.05, 4.69) is 22.6 Å². The Labute approximate surface area is 158 Å². The highest BCUT2D eigenvalue weighted by Crippen LogP contribution is 2.38. The molecule has 0 fully saturated rings. The van der Waals surface area contributed by atoms with Crippen LogP contribution in [0.1, 0.15) is 33.6 Å². The molecule has 5 nitrogen and oxygen atoms in total. The number of hydrogen-bond donors (Lipinski definition) is 1. The molecule has 0 aliphatic heterocycles. The molecule has 1 atom stereocenters. The number of benzene rings is 2. The molecule has 4 rings (SSSR count). The molecule has 1 aromatic heterocycles. The molecule has 0 saturated heterocycles. The Bertz CT molecular complexity index is 935. The highest BCUT2D eigenvalue weighted by Gasteiger charge is 2.38. The Balaban J connectivity index is 1.60. The van der Waals surface area contributed by atoms with Gasteiger partial charge in [0.15, 0.2) is 0 Å². The number of amides is 1. The molecule has 0 spiro atoms. The second-order valence-electron chi connectivity index (χ2n) is 6.99. The van der Waals surface area contributed by atoms with Crippen molar-refractivity contribution < 1.29 is 14.1 Å². The van der Waals surface area contributed by atoms with Gasteiger partial charge in [0, 0.05) is 23.9 Å². The Hall–Kier alpha value is -3.08. The monoisotopic (exact) mass is 362 g/mol. The fourth-order valence-electron chi connectivity index (χ4n) is 3.88. The SMILES string of the molecule is COc1ccccc1C(=O)NCC1(c2ccccc2)CCc2conc2C1. The summed E-state index contributed by atoms with van der Waals surface area (Å²) < 4.78 is 10.5. The molecular formula is C22H22N2O3. The molecule has 0 saturated carbocycles. The van der Waals surface area contributed by atoms with E-state index >= 15 is 0 Å². The van der Waals surface area contributed by atoms with Crippen LogP contribution in [0.5, 0.6) is 5.75 Å². The van der Waals surface area contributed by atoms with Crippen molar-refractivity contribution in [2.75, 3.05) is 13.7 Å². The topological polar surface area (TPSA) is 64.4 Å². The van der Waals surface area contributed by atoms with E-state index in [9.17, 15) is 4.79 Å². The van der Waals surface area contributed by atoms with E-state index in [1.54, 1.807) is 25.5 Å². The van der Waals surface area contributed by atoms with Gasteiger partial charge in [-0.1, -0.05) is 47.6 Å². The minimum atomic E-state index is -0.206. The van der Waals surface area contributed by atoms with Crippen LogP contribution in [0.2, 0.25) is 0 Å². The van der Waals surface area contributed by atoms with Crippen LogP contribution >= 0.6 is 0 Å². The van der Waals surface area contributed by atoms with Crippen molar-refractivity contribution in [2.45, 2.75) is 24.7 Å². The highest BCUT2D eigenvalue weighted by atomic mass is 16.5. The molecule has 3 aromatic rings. The molecule has 5 heteroatoms. The maximum Gasteiger partial charge on any atom is 0.255 e. The zero-order valence-electron chi connectivity index (χ0n) is 15.3. The standard InChI is InChI=1S/C22H22N2O3/c1-26-20-10-6-5-9-18(20)21(25)23-15-22(17-7-3-2-4-8-17)12-11-16-14-27-24-19(16)13-22/h2-10,14H,11-13,15H2,1H3,(H,23,25). The van der Waals surface area contributed by atoms with Crippen LogP contribution in [-0.4, -0.2) is 24.7 Å². The van der Waals surface area contributed by atoms with Crippen LogP contribution in [-0.2, 0) is 18.3 Å². The van der Waals surface area contributed by atoms with E-state index in [1.807, 2.05) is 30.3 Å². The van der Waals surface area contributed by atoms with Gasteiger partial charge in [-0.15, -0.1) is 0 Å². The van der Waals surface area contributed by atoms with Gasteiger partial charge in [-0.05, 0) is 30.5 Å². The Morgan fingerprint density at radius 1 is 1.19 bits per heavy atom. The first-order valence-corrected chi connectivity index (χ1v) is 9.11. The number of methoxy groups -OCH3 is 1. The highest BCUT2D eigenvalue weighted by molar-refractivity contribution is 5.97. The summed E-state index contributed by atoms with van der Waals surface area (Å²) in [7, 11) is 1.57. The molecule has 0 radical (unpaired) electrons. The molecular weight excluding hydrogens is 340 g/mol. The number of carbonyl (C=O) groups excluding carboxylic acids is 1. The van der Waals surface area contributed by atoms with E-state index in [4.69, 9.17) is 9.26 Å². The maximum absolute atomic E-state index is 12.8. The Kier molecular flexibility index (Phi) is 4.67. The summed E-state index contributed by atoms with van der Waals surface area (Å²) in [6.07, 6.45) is 4.29. The third kappa shape index (κ3) is 3.33. The molecule has 1 N–H and O–H groups in total. The second-order valence-corrected chi connectivity index (χ2v) is 6.99. The summed E-state index contributed by atoms with van der Waals surface area (Å²) in [4.78, 5) is 12.8. The lowest BCUT2D eigenvalue weighted by Gasteiger charge is -2.37. The van der Waals surface area contributed by atoms with Gasteiger partial charge in [0.2, 0.25) is 0 Å². The summed E-state index contributed by atoms with van der Waals surface area (Å²) in [5.74, 6) is 0.444. The van der Waals surface area contributed by atoms with Gasteiger partial charge in [0.1, 0.15) is 12.0 Å². The summed E-state index contributed by atoms with van der Waals surface area (Å²) in [6.45, 7) is 0.528. The summed E-state index contributed by atoms with van der Waals surface area (Å²) >= 11 is 0. The lowest BCUT2D eigenvalue weighted by atomic mass is 9.69. The van der Waals surface area contributed by atoms with Crippen molar-refractivity contribution in [3.05, 3.63) is 83.2 Å². The smallest absolute Gasteiger partial charge is 0.255 e. The predicted molar refractivity (Wildman–Crippen MR) is 102 cm³/mol. The quantitative estimate of drug-likeness (QED) is 0.754. The predicted octanol–water partition coefficient (Wildman–Crippen LogP) is 3.54. The van der Waals surface area contributed by atoms with Crippen LogP contribution in [0.25, 0.3) is 0 Å². The minimum Gasteiger partial charge on any atom is -0.496 e. The molecule has 1 amide bonds. The minimum absolute atomic E-state index is 0.131. The first kappa shape index (κ1) is 17.3. The van der Waals surface area contributed by atoms with Crippen LogP contribution < -0.4 is 10.1 Å². The van der Waals surface area contributed by atoms with E-state index in [1.165, 1.54) is 5.56 Å². The van der Waals surface area contributed by atoms with Crippen molar-refractivity contribution in [1.29, 1.82) is 0 Å². The lowest BCUT2D eigenvalue weighted by Crippen LogP contribution is -2.44. The number of ether oxygens (including phenoxy) is 1. The molecule has 2 aromatic carbocycles. The van der Waals surface area contributed by atoms with E-state index < -0.39 is 0 Å². The number of carbonyl (C=O) groups is 1. The van der Waals surface area contributed by atoms with Crippen LogP contribution in [0, 0.1) is 0 Å². The van der Waals surface area contributed by atoms with E-state index in [0.29, 0.717) is 17.9 Å². The maximum atomic E-state index is 12.8. The normalized spacial score (nSPS) is 18.6. The summed E-state index contributed by atoms with van der Waals surface area (Å²) in [5, 5.41) is 7.31. The van der Waals surface area contributed by atoms with Gasteiger partial charge < -0.3 is 14.6 Å². The number of hydrogen-bond acceptors (Lipinski definition) is 4. The van der Waals surface area contributed by atoms with Crippen molar-refractivity contribution in [3.8, 4) is 5.75 Å². The van der Waals surface area contributed by atoms with Crippen LogP contribution in [0.3, 0.4) is 0 Å². The molecule has 1 aliphatic rings. The van der Waals surface area contributed by atoms with Crippen molar-refractivity contribution in [3.63, 3.8) is 0 Å². The van der Waals surface area contributed by atoms with Gasteiger partial charge in [-0.2, -0.15) is 0 Å². The van der Waals surface area contributed by atoms with Crippen molar-refractivity contribution in [2.24, 2.45) is 0 Å². The van der Waals surface area contributed by atoms with Crippen molar-refractivity contribution >= 4 is 5.91 Å². The number of para-hydroxylation sites is 1. The molecule has 138 valence electrons. The van der Waals surface area contributed by atoms with Crippen LogP contribution in [0.15, 0.2) is 65.4 Å². The van der Waals surface area contributed by atoms with E-state index in [0.717, 1.165) is 30.5 Å². The number of nitrogens with one attached hydrogen (secondary N) is 1. The lowest BCUT2D eigenvalue weighted by molar-refractivity contribution is 0.0937. The molecule has 1 heterocycles. The van der Waals surface area contributed by atoms with Crippen LogP contribution in [0.4, 0.5) is 0 Å². The second kappa shape index (κ2) is 7.27. The first-order chi connectivity index (χ1) is 13.2. The third-order valence-electron chi connectivity index (χ3n) is 5.43. The zero-order chi connectivity index (χ0) is 18.7. The van der Waals surface area contributed by atoms with Gasteiger partial charge in [0.05, 0.1) is 18.4 Å². The van der Waals surface area contributed by atoms with Gasteiger partial charge in [0.25, 0.3) is 5.91 Å². The van der Waals surface area contributed by atoms with E-state index in [-0.39, 0.29) is 11.3 Å². The zero-order valence-corrected chi connectivity index (χ0v) is 15.3. The molecule has 27 heavy (non-hydrogen) atoms. The molecule has 1 unspecified atom stereocenters. The average molecular weight is 362 g/mol. The molecule has 0 bridgehead atoms. The molecule has 1 aliphatic carbocycles. The fourth-order valence-corrected chi connectivity index (χ4v) is 3.88. The Morgan fingerprint density at radius 3 is 2.78 bits per heavy atom. The average Bonchev–Trinajstić information content (AvgIpc) is 3.20. The number of aryl methyl sites for hydroxylation is 1. The van der Waals surface area contributed by atoms with Gasteiger partial charge >= 0.3 is 0 Å².